The van der Waals surface area contributed by atoms with E-state index in [-0.39, 0.29) is 5.91 Å². The molecular formula is C27H32N4O4. The monoisotopic (exact) mass is 476 g/mol. The molecule has 1 fully saturated rings. The van der Waals surface area contributed by atoms with Crippen molar-refractivity contribution < 1.29 is 19.0 Å². The van der Waals surface area contributed by atoms with Gasteiger partial charge in [-0.15, -0.1) is 0 Å². The van der Waals surface area contributed by atoms with Crippen LogP contribution in [0.4, 0.5) is 11.5 Å². The van der Waals surface area contributed by atoms with Crippen molar-refractivity contribution in [3.63, 3.8) is 0 Å². The molecule has 0 atom stereocenters. The highest BCUT2D eigenvalue weighted by Gasteiger charge is 2.20. The van der Waals surface area contributed by atoms with Crippen molar-refractivity contribution >= 4 is 17.4 Å². The van der Waals surface area contributed by atoms with Gasteiger partial charge in [-0.3, -0.25) is 9.69 Å². The van der Waals surface area contributed by atoms with Crippen LogP contribution in [0.5, 0.6) is 17.2 Å². The Morgan fingerprint density at radius 3 is 2.31 bits per heavy atom. The molecule has 2 heterocycles. The van der Waals surface area contributed by atoms with Gasteiger partial charge in [0.05, 0.1) is 39.6 Å². The number of aromatic nitrogens is 1. The van der Waals surface area contributed by atoms with E-state index in [4.69, 9.17) is 14.2 Å². The summed E-state index contributed by atoms with van der Waals surface area (Å²) in [5.41, 5.74) is 2.74. The molecule has 0 aliphatic carbocycles. The van der Waals surface area contributed by atoms with E-state index in [2.05, 4.69) is 26.2 Å². The largest absolute Gasteiger partial charge is 0.497 e. The maximum Gasteiger partial charge on any atom is 0.228 e. The van der Waals surface area contributed by atoms with E-state index < -0.39 is 0 Å². The summed E-state index contributed by atoms with van der Waals surface area (Å²) >= 11 is 0. The van der Waals surface area contributed by atoms with Crippen molar-refractivity contribution in [1.82, 2.24) is 9.88 Å². The molecule has 1 aliphatic rings. The first-order chi connectivity index (χ1) is 17.1. The van der Waals surface area contributed by atoms with E-state index in [1.807, 2.05) is 48.5 Å². The molecule has 4 rings (SSSR count). The van der Waals surface area contributed by atoms with Crippen LogP contribution in [0.3, 0.4) is 0 Å². The average molecular weight is 477 g/mol. The minimum Gasteiger partial charge on any atom is -0.497 e. The van der Waals surface area contributed by atoms with Gasteiger partial charge in [-0.05, 0) is 35.9 Å². The predicted octanol–water partition coefficient (Wildman–Crippen LogP) is 3.61. The lowest BCUT2D eigenvalue weighted by atomic mass is 10.1. The Morgan fingerprint density at radius 2 is 1.69 bits per heavy atom. The molecule has 8 nitrogen and oxygen atoms in total. The molecule has 2 aromatic carbocycles. The first-order valence-corrected chi connectivity index (χ1v) is 11.7. The second-order valence-electron chi connectivity index (χ2n) is 8.39. The van der Waals surface area contributed by atoms with Gasteiger partial charge in [-0.2, -0.15) is 0 Å². The lowest BCUT2D eigenvalue weighted by molar-refractivity contribution is -0.115. The summed E-state index contributed by atoms with van der Waals surface area (Å²) in [6.07, 6.45) is 2.01. The third-order valence-electron chi connectivity index (χ3n) is 6.13. The van der Waals surface area contributed by atoms with Gasteiger partial charge in [0.1, 0.15) is 11.6 Å². The van der Waals surface area contributed by atoms with E-state index in [9.17, 15) is 4.79 Å². The number of methoxy groups -OCH3 is 3. The van der Waals surface area contributed by atoms with Crippen LogP contribution >= 0.6 is 0 Å². The van der Waals surface area contributed by atoms with Gasteiger partial charge < -0.3 is 24.4 Å². The van der Waals surface area contributed by atoms with Crippen molar-refractivity contribution in [2.75, 3.05) is 57.7 Å². The molecule has 1 aromatic heterocycles. The summed E-state index contributed by atoms with van der Waals surface area (Å²) in [6.45, 7) is 4.40. The quantitative estimate of drug-likeness (QED) is 0.506. The topological polar surface area (TPSA) is 76.2 Å². The van der Waals surface area contributed by atoms with E-state index in [1.165, 1.54) is 0 Å². The Kier molecular flexibility index (Phi) is 8.05. The van der Waals surface area contributed by atoms with Crippen molar-refractivity contribution in [3.05, 3.63) is 71.9 Å². The summed E-state index contributed by atoms with van der Waals surface area (Å²) < 4.78 is 16.2. The zero-order valence-electron chi connectivity index (χ0n) is 20.5. The van der Waals surface area contributed by atoms with Crippen molar-refractivity contribution in [1.29, 1.82) is 0 Å². The molecule has 1 aliphatic heterocycles. The average Bonchev–Trinajstić information content (AvgIpc) is 2.90. The molecule has 3 aromatic rings. The van der Waals surface area contributed by atoms with Gasteiger partial charge >= 0.3 is 0 Å². The number of hydrogen-bond donors (Lipinski definition) is 1. The Bertz CT molecular complexity index is 1110. The number of nitrogens with zero attached hydrogens (tertiary/aromatic N) is 3. The van der Waals surface area contributed by atoms with Gasteiger partial charge in [0.2, 0.25) is 5.91 Å². The van der Waals surface area contributed by atoms with E-state index in [0.29, 0.717) is 12.1 Å². The van der Waals surface area contributed by atoms with Gasteiger partial charge in [-0.1, -0.05) is 24.3 Å². The molecule has 0 saturated carbocycles. The van der Waals surface area contributed by atoms with Gasteiger partial charge in [-0.25, -0.2) is 4.98 Å². The van der Waals surface area contributed by atoms with Gasteiger partial charge in [0.25, 0.3) is 0 Å². The first kappa shape index (κ1) is 24.3. The number of para-hydroxylation sites is 1. The maximum absolute atomic E-state index is 12.4. The highest BCUT2D eigenvalue weighted by molar-refractivity contribution is 5.92. The van der Waals surface area contributed by atoms with E-state index >= 15 is 0 Å². The molecule has 1 N–H and O–H groups in total. The van der Waals surface area contributed by atoms with Crippen LogP contribution in [-0.2, 0) is 17.8 Å². The number of rotatable bonds is 9. The molecule has 8 heteroatoms. The third kappa shape index (κ3) is 6.22. The molecular weight excluding hydrogens is 444 g/mol. The molecule has 35 heavy (non-hydrogen) atoms. The first-order valence-electron chi connectivity index (χ1n) is 11.7. The van der Waals surface area contributed by atoms with E-state index in [0.717, 1.165) is 66.9 Å². The number of nitrogens with one attached hydrogen (secondary N) is 1. The fourth-order valence-corrected chi connectivity index (χ4v) is 4.24. The second kappa shape index (κ2) is 11.6. The number of pyridine rings is 1. The standard InChI is InChI=1S/C27H32N4O4/c1-33-23-10-7-20(8-11-23)17-26(32)29-22-9-12-25(28-18-22)31-15-13-30(14-16-31)19-21-5-4-6-24(34-2)27(21)35-3/h4-12,18H,13-17,19H2,1-3H3,(H,29,32). The molecule has 0 bridgehead atoms. The second-order valence-corrected chi connectivity index (χ2v) is 8.39. The normalized spacial score (nSPS) is 13.9. The molecule has 0 unspecified atom stereocenters. The van der Waals surface area contributed by atoms with Crippen molar-refractivity contribution in [2.45, 2.75) is 13.0 Å². The number of hydrogen-bond acceptors (Lipinski definition) is 7. The number of carbonyl (C=O) groups is 1. The van der Waals surface area contributed by atoms with Crippen LogP contribution in [0, 0.1) is 0 Å². The summed E-state index contributed by atoms with van der Waals surface area (Å²) in [5, 5.41) is 2.92. The van der Waals surface area contributed by atoms with Crippen molar-refractivity contribution in [3.8, 4) is 17.2 Å². The van der Waals surface area contributed by atoms with Crippen LogP contribution in [0.25, 0.3) is 0 Å². The maximum atomic E-state index is 12.4. The van der Waals surface area contributed by atoms with Gasteiger partial charge in [0, 0.05) is 38.3 Å². The van der Waals surface area contributed by atoms with Crippen molar-refractivity contribution in [2.24, 2.45) is 0 Å². The number of ether oxygens (including phenoxy) is 3. The fourth-order valence-electron chi connectivity index (χ4n) is 4.24. The van der Waals surface area contributed by atoms with Crippen LogP contribution in [0.15, 0.2) is 60.8 Å². The smallest absolute Gasteiger partial charge is 0.228 e. The number of anilines is 2. The molecule has 1 saturated heterocycles. The summed E-state index contributed by atoms with van der Waals surface area (Å²) in [5.74, 6) is 3.16. The lowest BCUT2D eigenvalue weighted by Gasteiger charge is -2.35. The highest BCUT2D eigenvalue weighted by atomic mass is 16.5. The zero-order chi connectivity index (χ0) is 24.6. The Morgan fingerprint density at radius 1 is 0.914 bits per heavy atom. The molecule has 184 valence electrons. The van der Waals surface area contributed by atoms with Crippen LogP contribution in [0.1, 0.15) is 11.1 Å². The Labute approximate surface area is 206 Å². The number of piperazine rings is 1. The molecule has 1 amide bonds. The van der Waals surface area contributed by atoms with Crippen LogP contribution in [-0.4, -0.2) is 63.3 Å². The Hall–Kier alpha value is -3.78. The third-order valence-corrected chi connectivity index (χ3v) is 6.13. The van der Waals surface area contributed by atoms with Crippen LogP contribution in [0.2, 0.25) is 0 Å². The lowest BCUT2D eigenvalue weighted by Crippen LogP contribution is -2.46. The summed E-state index contributed by atoms with van der Waals surface area (Å²) in [7, 11) is 4.96. The minimum atomic E-state index is -0.0775. The highest BCUT2D eigenvalue weighted by Crippen LogP contribution is 2.31. The number of benzene rings is 2. The summed E-state index contributed by atoms with van der Waals surface area (Å²) in [6, 6.07) is 17.3. The number of carbonyl (C=O) groups excluding carboxylic acids is 1. The fraction of sp³-hybridized carbons (Fsp3) is 0.333. The SMILES string of the molecule is COc1ccc(CC(=O)Nc2ccc(N3CCN(Cc4cccc(OC)c4OC)CC3)nc2)cc1. The molecule has 0 spiro atoms. The zero-order valence-corrected chi connectivity index (χ0v) is 20.5. The summed E-state index contributed by atoms with van der Waals surface area (Å²) in [4.78, 5) is 21.6. The van der Waals surface area contributed by atoms with Crippen LogP contribution < -0.4 is 24.4 Å². The molecule has 0 radical (unpaired) electrons. The number of amides is 1. The van der Waals surface area contributed by atoms with E-state index in [1.54, 1.807) is 27.5 Å². The Balaban J connectivity index is 1.28. The predicted molar refractivity (Wildman–Crippen MR) is 137 cm³/mol. The minimum absolute atomic E-state index is 0.0775. The van der Waals surface area contributed by atoms with Gasteiger partial charge in [0.15, 0.2) is 11.5 Å².